The third-order valence-electron chi connectivity index (χ3n) is 4.87. The maximum absolute atomic E-state index is 10.3. The van der Waals surface area contributed by atoms with E-state index in [2.05, 4.69) is 28.9 Å². The molecule has 5 heteroatoms. The normalized spacial score (nSPS) is 23.9. The standard InChI is InChI=1S/C19H30N2O3/c1-16-5-4-8-21(13-16)18-6-2-3-7-19(18)24-15-17(22)14-20-9-11-23-12-10-20/h2-3,6-7,16-17,22H,4-5,8-15H2,1H3/t16-,17-/m0/s1. The highest BCUT2D eigenvalue weighted by molar-refractivity contribution is 5.58. The first kappa shape index (κ1) is 17.5. The van der Waals surface area contributed by atoms with E-state index in [1.54, 1.807) is 0 Å². The molecular weight excluding hydrogens is 304 g/mol. The van der Waals surface area contributed by atoms with Crippen LogP contribution < -0.4 is 9.64 Å². The van der Waals surface area contributed by atoms with Gasteiger partial charge in [0.2, 0.25) is 0 Å². The van der Waals surface area contributed by atoms with E-state index in [4.69, 9.17) is 9.47 Å². The number of β-amino-alcohol motifs (C(OH)–C–C–N with tert-alkyl or cyclic N) is 1. The number of rotatable bonds is 6. The summed E-state index contributed by atoms with van der Waals surface area (Å²) in [4.78, 5) is 4.65. The van der Waals surface area contributed by atoms with E-state index in [9.17, 15) is 5.11 Å². The molecule has 0 amide bonds. The van der Waals surface area contributed by atoms with Gasteiger partial charge in [0.05, 0.1) is 18.9 Å². The second kappa shape index (κ2) is 8.70. The van der Waals surface area contributed by atoms with Crippen molar-refractivity contribution >= 4 is 5.69 Å². The quantitative estimate of drug-likeness (QED) is 0.862. The molecule has 2 aliphatic rings. The highest BCUT2D eigenvalue weighted by Crippen LogP contribution is 2.31. The number of para-hydroxylation sites is 2. The van der Waals surface area contributed by atoms with E-state index in [0.29, 0.717) is 13.2 Å². The molecule has 0 aliphatic carbocycles. The lowest BCUT2D eigenvalue weighted by Gasteiger charge is -2.34. The van der Waals surface area contributed by atoms with E-state index < -0.39 is 6.10 Å². The molecular formula is C19H30N2O3. The lowest BCUT2D eigenvalue weighted by molar-refractivity contribution is 0.00469. The average Bonchev–Trinajstić information content (AvgIpc) is 2.61. The molecule has 2 aliphatic heterocycles. The van der Waals surface area contributed by atoms with E-state index in [0.717, 1.165) is 56.7 Å². The number of hydrogen-bond acceptors (Lipinski definition) is 5. The number of nitrogens with zero attached hydrogens (tertiary/aromatic N) is 2. The van der Waals surface area contributed by atoms with Crippen molar-refractivity contribution < 1.29 is 14.6 Å². The minimum Gasteiger partial charge on any atom is -0.489 e. The van der Waals surface area contributed by atoms with Gasteiger partial charge in [-0.25, -0.2) is 0 Å². The summed E-state index contributed by atoms with van der Waals surface area (Å²) in [5, 5.41) is 10.3. The van der Waals surface area contributed by atoms with Gasteiger partial charge in [0.25, 0.3) is 0 Å². The topological polar surface area (TPSA) is 45.2 Å². The van der Waals surface area contributed by atoms with Crippen LogP contribution in [-0.4, -0.2) is 68.7 Å². The van der Waals surface area contributed by atoms with Crippen LogP contribution in [0.25, 0.3) is 0 Å². The Bertz CT molecular complexity index is 505. The zero-order valence-electron chi connectivity index (χ0n) is 14.7. The van der Waals surface area contributed by atoms with Gasteiger partial charge in [-0.1, -0.05) is 19.1 Å². The zero-order chi connectivity index (χ0) is 16.8. The number of piperidine rings is 1. The molecule has 1 aromatic carbocycles. The fourth-order valence-electron chi connectivity index (χ4n) is 3.57. The molecule has 0 spiro atoms. The van der Waals surface area contributed by atoms with Gasteiger partial charge in [-0.15, -0.1) is 0 Å². The number of benzene rings is 1. The molecule has 24 heavy (non-hydrogen) atoms. The first-order chi connectivity index (χ1) is 11.7. The number of anilines is 1. The first-order valence-corrected chi connectivity index (χ1v) is 9.17. The fraction of sp³-hybridized carbons (Fsp3) is 0.684. The summed E-state index contributed by atoms with van der Waals surface area (Å²) in [5.41, 5.74) is 1.16. The summed E-state index contributed by atoms with van der Waals surface area (Å²) in [6.45, 7) is 8.73. The Morgan fingerprint density at radius 3 is 2.83 bits per heavy atom. The maximum Gasteiger partial charge on any atom is 0.142 e. The third kappa shape index (κ3) is 4.85. The Labute approximate surface area is 145 Å². The van der Waals surface area contributed by atoms with E-state index in [1.807, 2.05) is 12.1 Å². The molecule has 0 bridgehead atoms. The fourth-order valence-corrected chi connectivity index (χ4v) is 3.57. The Kier molecular flexibility index (Phi) is 6.35. The van der Waals surface area contributed by atoms with E-state index >= 15 is 0 Å². The number of aliphatic hydroxyl groups is 1. The summed E-state index contributed by atoms with van der Waals surface area (Å²) in [7, 11) is 0. The molecule has 2 atom stereocenters. The molecule has 2 fully saturated rings. The van der Waals surface area contributed by atoms with Gasteiger partial charge in [-0.3, -0.25) is 4.90 Å². The van der Waals surface area contributed by atoms with E-state index in [-0.39, 0.29) is 0 Å². The summed E-state index contributed by atoms with van der Waals surface area (Å²) in [6.07, 6.45) is 2.06. The van der Waals surface area contributed by atoms with E-state index in [1.165, 1.54) is 12.8 Å². The van der Waals surface area contributed by atoms with Crippen molar-refractivity contribution in [3.8, 4) is 5.75 Å². The number of morpholine rings is 1. The van der Waals surface area contributed by atoms with Crippen LogP contribution in [0.5, 0.6) is 5.75 Å². The van der Waals surface area contributed by atoms with Gasteiger partial charge in [-0.2, -0.15) is 0 Å². The lowest BCUT2D eigenvalue weighted by Crippen LogP contribution is -2.42. The predicted molar refractivity (Wildman–Crippen MR) is 95.8 cm³/mol. The highest BCUT2D eigenvalue weighted by atomic mass is 16.5. The minimum absolute atomic E-state index is 0.331. The monoisotopic (exact) mass is 334 g/mol. The Hall–Kier alpha value is -1.30. The average molecular weight is 334 g/mol. The SMILES string of the molecule is C[C@H]1CCCN(c2ccccc2OC[C@@H](O)CN2CCOCC2)C1. The van der Waals surface area contributed by atoms with Crippen LogP contribution in [0, 0.1) is 5.92 Å². The van der Waals surface area contributed by atoms with Crippen LogP contribution in [0.4, 0.5) is 5.69 Å². The molecule has 2 saturated heterocycles. The zero-order valence-corrected chi connectivity index (χ0v) is 14.7. The van der Waals surface area contributed by atoms with Crippen LogP contribution in [0.2, 0.25) is 0 Å². The van der Waals surface area contributed by atoms with Gasteiger partial charge in [0.15, 0.2) is 0 Å². The number of aliphatic hydroxyl groups excluding tert-OH is 1. The van der Waals surface area contributed by atoms with Crippen molar-refractivity contribution in [3.05, 3.63) is 24.3 Å². The van der Waals surface area contributed by atoms with Crippen molar-refractivity contribution in [2.24, 2.45) is 5.92 Å². The van der Waals surface area contributed by atoms with Gasteiger partial charge >= 0.3 is 0 Å². The second-order valence-electron chi connectivity index (χ2n) is 7.04. The Balaban J connectivity index is 1.54. The molecule has 3 rings (SSSR count). The highest BCUT2D eigenvalue weighted by Gasteiger charge is 2.20. The Morgan fingerprint density at radius 2 is 2.04 bits per heavy atom. The molecule has 134 valence electrons. The number of ether oxygens (including phenoxy) is 2. The van der Waals surface area contributed by atoms with Crippen LogP contribution in [0.1, 0.15) is 19.8 Å². The number of hydrogen-bond donors (Lipinski definition) is 1. The van der Waals surface area contributed by atoms with Crippen molar-refractivity contribution in [2.45, 2.75) is 25.9 Å². The molecule has 0 aromatic heterocycles. The molecule has 2 heterocycles. The van der Waals surface area contributed by atoms with Crippen LogP contribution in [0.3, 0.4) is 0 Å². The third-order valence-corrected chi connectivity index (χ3v) is 4.87. The van der Waals surface area contributed by atoms with Crippen LogP contribution >= 0.6 is 0 Å². The predicted octanol–water partition coefficient (Wildman–Crippen LogP) is 1.99. The summed E-state index contributed by atoms with van der Waals surface area (Å²) in [5.74, 6) is 1.60. The van der Waals surface area contributed by atoms with Crippen molar-refractivity contribution in [3.63, 3.8) is 0 Å². The maximum atomic E-state index is 10.3. The lowest BCUT2D eigenvalue weighted by atomic mass is 9.99. The van der Waals surface area contributed by atoms with Crippen molar-refractivity contribution in [1.82, 2.24) is 4.90 Å². The molecule has 0 saturated carbocycles. The van der Waals surface area contributed by atoms with Gasteiger partial charge in [0, 0.05) is 32.7 Å². The van der Waals surface area contributed by atoms with Gasteiger partial charge < -0.3 is 19.5 Å². The Morgan fingerprint density at radius 1 is 1.25 bits per heavy atom. The summed E-state index contributed by atoms with van der Waals surface area (Å²) in [6, 6.07) is 8.20. The molecule has 1 N–H and O–H groups in total. The molecule has 1 aromatic rings. The summed E-state index contributed by atoms with van der Waals surface area (Å²) >= 11 is 0. The minimum atomic E-state index is -0.476. The second-order valence-corrected chi connectivity index (χ2v) is 7.04. The van der Waals surface area contributed by atoms with Crippen molar-refractivity contribution in [2.75, 3.05) is 57.4 Å². The van der Waals surface area contributed by atoms with Gasteiger partial charge in [-0.05, 0) is 30.9 Å². The van der Waals surface area contributed by atoms with Crippen molar-refractivity contribution in [1.29, 1.82) is 0 Å². The van der Waals surface area contributed by atoms with Crippen LogP contribution in [0.15, 0.2) is 24.3 Å². The summed E-state index contributed by atoms with van der Waals surface area (Å²) < 4.78 is 11.3. The molecule has 5 nitrogen and oxygen atoms in total. The van der Waals surface area contributed by atoms with Gasteiger partial charge in [0.1, 0.15) is 18.5 Å². The first-order valence-electron chi connectivity index (χ1n) is 9.17. The smallest absolute Gasteiger partial charge is 0.142 e. The largest absolute Gasteiger partial charge is 0.489 e. The molecule has 0 unspecified atom stereocenters. The van der Waals surface area contributed by atoms with Crippen LogP contribution in [-0.2, 0) is 4.74 Å². The molecule has 0 radical (unpaired) electrons.